The molecule has 0 radical (unpaired) electrons. The molecule has 0 spiro atoms. The van der Waals surface area contributed by atoms with E-state index in [0.717, 1.165) is 0 Å². The lowest BCUT2D eigenvalue weighted by atomic mass is 10.4. The Morgan fingerprint density at radius 3 is 1.50 bits per heavy atom. The van der Waals surface area contributed by atoms with Crippen LogP contribution in [-0.4, -0.2) is 25.2 Å². The maximum atomic E-state index is 12.8. The smallest absolute Gasteiger partial charge is 0.417 e. The van der Waals surface area contributed by atoms with Gasteiger partial charge in [0.25, 0.3) is 0 Å². The van der Waals surface area contributed by atoms with Gasteiger partial charge in [-0.1, -0.05) is 13.8 Å². The Kier molecular flexibility index (Phi) is 8.43. The number of carbonyl (C=O) groups is 2. The van der Waals surface area contributed by atoms with Crippen LogP contribution in [-0.2, 0) is 19.1 Å². The molecular formula is C12H16F2O4. The number of carbonyl (C=O) groups excluding carboxylic acids is 2. The van der Waals surface area contributed by atoms with Gasteiger partial charge in [-0.15, -0.1) is 0 Å². The molecule has 0 saturated carbocycles. The minimum Gasteiger partial charge on any atom is -0.450 e. The van der Waals surface area contributed by atoms with Gasteiger partial charge in [0.1, 0.15) is 24.9 Å². The number of hydrogen-bond acceptors (Lipinski definition) is 4. The van der Waals surface area contributed by atoms with Crippen LogP contribution < -0.4 is 0 Å². The fourth-order valence-electron chi connectivity index (χ4n) is 0.948. The van der Waals surface area contributed by atoms with E-state index < -0.39 is 36.8 Å². The minimum atomic E-state index is -1.35. The van der Waals surface area contributed by atoms with Gasteiger partial charge in [-0.3, -0.25) is 0 Å². The van der Waals surface area contributed by atoms with Crippen molar-refractivity contribution in [2.24, 2.45) is 0 Å². The fourth-order valence-corrected chi connectivity index (χ4v) is 0.948. The van der Waals surface area contributed by atoms with Crippen molar-refractivity contribution in [1.29, 1.82) is 0 Å². The molecule has 0 aliphatic carbocycles. The molecule has 0 atom stereocenters. The van der Waals surface area contributed by atoms with E-state index in [2.05, 4.69) is 9.47 Å². The highest BCUT2D eigenvalue weighted by Crippen LogP contribution is 2.02. The second-order valence-corrected chi connectivity index (χ2v) is 3.27. The number of ether oxygens (including phenoxy) is 2. The third kappa shape index (κ3) is 7.54. The monoisotopic (exact) mass is 262 g/mol. The summed E-state index contributed by atoms with van der Waals surface area (Å²) in [5.74, 6) is -4.01. The van der Waals surface area contributed by atoms with Crippen LogP contribution in [0.2, 0.25) is 0 Å². The number of hydrogen-bond donors (Lipinski definition) is 0. The Morgan fingerprint density at radius 1 is 0.889 bits per heavy atom. The summed E-state index contributed by atoms with van der Waals surface area (Å²) in [5, 5.41) is 0. The van der Waals surface area contributed by atoms with Crippen molar-refractivity contribution in [2.45, 2.75) is 26.7 Å². The highest BCUT2D eigenvalue weighted by atomic mass is 19.1. The van der Waals surface area contributed by atoms with Gasteiger partial charge < -0.3 is 9.47 Å². The normalized spacial score (nSPS) is 12.2. The van der Waals surface area contributed by atoms with Crippen LogP contribution in [0.3, 0.4) is 0 Å². The Bertz CT molecular complexity index is 314. The number of rotatable bonds is 6. The van der Waals surface area contributed by atoms with E-state index in [1.807, 2.05) is 0 Å². The van der Waals surface area contributed by atoms with Gasteiger partial charge in [0.15, 0.2) is 0 Å². The van der Waals surface area contributed by atoms with Crippen molar-refractivity contribution < 1.29 is 27.8 Å². The molecule has 6 heteroatoms. The van der Waals surface area contributed by atoms with E-state index in [1.165, 1.54) is 12.2 Å². The summed E-state index contributed by atoms with van der Waals surface area (Å²) in [6.45, 7) is 2.15. The van der Waals surface area contributed by atoms with Crippen molar-refractivity contribution in [3.05, 3.63) is 23.8 Å². The summed E-state index contributed by atoms with van der Waals surface area (Å²) in [6, 6.07) is 0. The average Bonchev–Trinajstić information content (AvgIpc) is 2.33. The zero-order valence-corrected chi connectivity index (χ0v) is 10.4. The molecule has 0 rings (SSSR count). The van der Waals surface area contributed by atoms with Crippen molar-refractivity contribution >= 4 is 11.9 Å². The summed E-state index contributed by atoms with van der Waals surface area (Å²) >= 11 is 0. The zero-order valence-electron chi connectivity index (χ0n) is 10.4. The molecule has 0 N–H and O–H groups in total. The molecule has 0 aliphatic heterocycles. The van der Waals surface area contributed by atoms with Gasteiger partial charge in [-0.05, 0) is 25.0 Å². The van der Waals surface area contributed by atoms with Crippen molar-refractivity contribution in [3.8, 4) is 0 Å². The summed E-state index contributed by atoms with van der Waals surface area (Å²) in [4.78, 5) is 22.0. The largest absolute Gasteiger partial charge is 0.450 e. The summed E-state index contributed by atoms with van der Waals surface area (Å²) in [7, 11) is 0. The Hall–Kier alpha value is -1.72. The minimum absolute atomic E-state index is 0.445. The van der Waals surface area contributed by atoms with E-state index in [1.54, 1.807) is 13.8 Å². The molecule has 0 saturated heterocycles. The summed E-state index contributed by atoms with van der Waals surface area (Å²) < 4.78 is 34.2. The van der Waals surface area contributed by atoms with Crippen LogP contribution in [0, 0.1) is 0 Å². The lowest BCUT2D eigenvalue weighted by Gasteiger charge is -2.03. The lowest BCUT2D eigenvalue weighted by molar-refractivity contribution is -0.166. The molecule has 4 nitrogen and oxygen atoms in total. The molecule has 18 heavy (non-hydrogen) atoms. The maximum absolute atomic E-state index is 12.8. The third-order valence-electron chi connectivity index (χ3n) is 1.70. The van der Waals surface area contributed by atoms with E-state index >= 15 is 0 Å². The first kappa shape index (κ1) is 16.3. The maximum Gasteiger partial charge on any atom is 0.417 e. The SMILES string of the molecule is CC/C=C(\F)COC(=O)C(=O)OC/C(F)=C/CC. The van der Waals surface area contributed by atoms with Gasteiger partial charge in [0.2, 0.25) is 0 Å². The van der Waals surface area contributed by atoms with E-state index in [0.29, 0.717) is 12.8 Å². The van der Waals surface area contributed by atoms with Gasteiger partial charge in [-0.2, -0.15) is 0 Å². The molecule has 0 unspecified atom stereocenters. The average molecular weight is 262 g/mol. The highest BCUT2D eigenvalue weighted by Gasteiger charge is 2.18. The first-order valence-electron chi connectivity index (χ1n) is 5.54. The Balaban J connectivity index is 4.01. The highest BCUT2D eigenvalue weighted by molar-refractivity contribution is 6.29. The van der Waals surface area contributed by atoms with E-state index in [-0.39, 0.29) is 0 Å². The molecule has 0 heterocycles. The van der Waals surface area contributed by atoms with Crippen molar-refractivity contribution in [3.63, 3.8) is 0 Å². The predicted octanol–water partition coefficient (Wildman–Crippen LogP) is 2.60. The number of allylic oxidation sites excluding steroid dienone is 2. The molecule has 0 aliphatic rings. The van der Waals surface area contributed by atoms with Crippen molar-refractivity contribution in [1.82, 2.24) is 0 Å². The zero-order chi connectivity index (χ0) is 14.0. The second kappa shape index (κ2) is 9.32. The van der Waals surface area contributed by atoms with Crippen LogP contribution in [0.1, 0.15) is 26.7 Å². The molecule has 0 amide bonds. The molecule has 102 valence electrons. The topological polar surface area (TPSA) is 52.6 Å². The van der Waals surface area contributed by atoms with Gasteiger partial charge >= 0.3 is 11.9 Å². The molecule has 0 aromatic heterocycles. The first-order valence-corrected chi connectivity index (χ1v) is 5.54. The quantitative estimate of drug-likeness (QED) is 0.545. The van der Waals surface area contributed by atoms with Gasteiger partial charge in [0.05, 0.1) is 0 Å². The Morgan fingerprint density at radius 2 is 1.22 bits per heavy atom. The van der Waals surface area contributed by atoms with Crippen LogP contribution >= 0.6 is 0 Å². The summed E-state index contributed by atoms with van der Waals surface area (Å²) in [6.07, 6.45) is 3.31. The van der Waals surface area contributed by atoms with E-state index in [9.17, 15) is 18.4 Å². The molecule has 0 bridgehead atoms. The first-order chi connectivity index (χ1) is 8.51. The second-order valence-electron chi connectivity index (χ2n) is 3.27. The molecule has 0 fully saturated rings. The number of halogens is 2. The standard InChI is InChI=1S/C12H16F2O4/c1-3-5-9(13)7-17-11(15)12(16)18-8-10(14)6-4-2/h5-6H,3-4,7-8H2,1-2H3/b9-5-,10-6-. The van der Waals surface area contributed by atoms with Gasteiger partial charge in [0, 0.05) is 0 Å². The van der Waals surface area contributed by atoms with Crippen molar-refractivity contribution in [2.75, 3.05) is 13.2 Å². The van der Waals surface area contributed by atoms with Crippen LogP contribution in [0.5, 0.6) is 0 Å². The third-order valence-corrected chi connectivity index (χ3v) is 1.70. The molecular weight excluding hydrogens is 246 g/mol. The Labute approximate surface area is 104 Å². The van der Waals surface area contributed by atoms with E-state index in [4.69, 9.17) is 0 Å². The fraction of sp³-hybridized carbons (Fsp3) is 0.500. The summed E-state index contributed by atoms with van der Waals surface area (Å²) in [5.41, 5.74) is 0. The van der Waals surface area contributed by atoms with Crippen LogP contribution in [0.4, 0.5) is 8.78 Å². The van der Waals surface area contributed by atoms with Crippen LogP contribution in [0.15, 0.2) is 23.8 Å². The molecule has 0 aromatic carbocycles. The van der Waals surface area contributed by atoms with Crippen LogP contribution in [0.25, 0.3) is 0 Å². The lowest BCUT2D eigenvalue weighted by Crippen LogP contribution is -2.21. The van der Waals surface area contributed by atoms with Gasteiger partial charge in [-0.25, -0.2) is 18.4 Å². The number of esters is 2. The molecule has 0 aromatic rings. The predicted molar refractivity (Wildman–Crippen MR) is 60.9 cm³/mol.